The highest BCUT2D eigenvalue weighted by Crippen LogP contribution is 2.25. The Bertz CT molecular complexity index is 524. The molecule has 1 aromatic heterocycles. The van der Waals surface area contributed by atoms with Crippen LogP contribution in [0.2, 0.25) is 0 Å². The van der Waals surface area contributed by atoms with E-state index in [1.165, 1.54) is 6.92 Å². The number of rotatable bonds is 4. The van der Waals surface area contributed by atoms with Crippen LogP contribution < -0.4 is 16.0 Å². The fourth-order valence-electron chi connectivity index (χ4n) is 1.35. The van der Waals surface area contributed by atoms with E-state index in [4.69, 9.17) is 5.73 Å². The Balaban J connectivity index is 3.41. The van der Waals surface area contributed by atoms with Gasteiger partial charge >= 0.3 is 12.3 Å². The van der Waals surface area contributed by atoms with Crippen LogP contribution in [0.25, 0.3) is 0 Å². The fourth-order valence-corrected chi connectivity index (χ4v) is 1.35. The molecule has 0 amide bonds. The number of hydrogen-bond acceptors (Lipinski definition) is 5. The standard InChI is InChI=1S/C10H11F3N2O4/c1-2-18-9(17)6-5(3-14)4-15-8(16)7(6)19-10(11,12)13/h4H,2-3,14H2,1H3,(H,15,16). The molecular formula is C10H11F3N2O4. The van der Waals surface area contributed by atoms with E-state index >= 15 is 0 Å². The summed E-state index contributed by atoms with van der Waals surface area (Å²) in [5.41, 5.74) is 3.47. The van der Waals surface area contributed by atoms with Crippen LogP contribution in [0.5, 0.6) is 5.75 Å². The molecule has 0 saturated carbocycles. The molecule has 0 radical (unpaired) electrons. The predicted molar refractivity (Wildman–Crippen MR) is 57.6 cm³/mol. The zero-order chi connectivity index (χ0) is 14.6. The molecule has 0 saturated heterocycles. The Labute approximate surface area is 105 Å². The zero-order valence-electron chi connectivity index (χ0n) is 9.84. The highest BCUT2D eigenvalue weighted by atomic mass is 19.4. The lowest BCUT2D eigenvalue weighted by molar-refractivity contribution is -0.275. The van der Waals surface area contributed by atoms with Gasteiger partial charge in [-0.05, 0) is 6.92 Å². The average molecular weight is 280 g/mol. The number of H-pyrrole nitrogens is 1. The molecule has 106 valence electrons. The summed E-state index contributed by atoms with van der Waals surface area (Å²) in [6.45, 7) is 1.14. The fraction of sp³-hybridized carbons (Fsp3) is 0.400. The van der Waals surface area contributed by atoms with Crippen molar-refractivity contribution in [2.45, 2.75) is 19.8 Å². The Kier molecular flexibility index (Phi) is 4.54. The maximum Gasteiger partial charge on any atom is 0.573 e. The number of nitrogens with one attached hydrogen (secondary N) is 1. The SMILES string of the molecule is CCOC(=O)c1c(CN)c[nH]c(=O)c1OC(F)(F)F. The molecular weight excluding hydrogens is 269 g/mol. The summed E-state index contributed by atoms with van der Waals surface area (Å²) in [6, 6.07) is 0. The van der Waals surface area contributed by atoms with Crippen LogP contribution in [0.15, 0.2) is 11.0 Å². The molecule has 0 unspecified atom stereocenters. The smallest absolute Gasteiger partial charge is 0.462 e. The first-order chi connectivity index (χ1) is 8.80. The second kappa shape index (κ2) is 5.74. The maximum atomic E-state index is 12.2. The molecule has 0 aromatic carbocycles. The molecule has 0 aliphatic heterocycles. The second-order valence-corrected chi connectivity index (χ2v) is 3.32. The van der Waals surface area contributed by atoms with E-state index in [1.54, 1.807) is 0 Å². The van der Waals surface area contributed by atoms with Crippen LogP contribution in [-0.4, -0.2) is 23.9 Å². The number of aromatic nitrogens is 1. The molecule has 0 bridgehead atoms. The van der Waals surface area contributed by atoms with E-state index in [-0.39, 0.29) is 18.7 Å². The first kappa shape index (κ1) is 15.0. The van der Waals surface area contributed by atoms with Gasteiger partial charge in [0, 0.05) is 18.3 Å². The molecule has 1 heterocycles. The highest BCUT2D eigenvalue weighted by Gasteiger charge is 2.35. The number of nitrogens with two attached hydrogens (primary N) is 1. The van der Waals surface area contributed by atoms with Crippen LogP contribution in [0, 0.1) is 0 Å². The van der Waals surface area contributed by atoms with Gasteiger partial charge in [0.1, 0.15) is 5.56 Å². The average Bonchev–Trinajstić information content (AvgIpc) is 2.30. The lowest BCUT2D eigenvalue weighted by atomic mass is 10.1. The molecule has 19 heavy (non-hydrogen) atoms. The highest BCUT2D eigenvalue weighted by molar-refractivity contribution is 5.94. The van der Waals surface area contributed by atoms with Gasteiger partial charge in [0.2, 0.25) is 5.75 Å². The van der Waals surface area contributed by atoms with Crippen molar-refractivity contribution in [1.29, 1.82) is 0 Å². The van der Waals surface area contributed by atoms with Crippen molar-refractivity contribution < 1.29 is 27.4 Å². The van der Waals surface area contributed by atoms with Crippen LogP contribution in [0.4, 0.5) is 13.2 Å². The van der Waals surface area contributed by atoms with Crippen LogP contribution in [0.1, 0.15) is 22.8 Å². The minimum Gasteiger partial charge on any atom is -0.462 e. The molecule has 0 spiro atoms. The summed E-state index contributed by atoms with van der Waals surface area (Å²) in [6.07, 6.45) is -4.07. The third-order valence-corrected chi connectivity index (χ3v) is 2.05. The van der Waals surface area contributed by atoms with E-state index < -0.39 is 29.2 Å². The Morgan fingerprint density at radius 1 is 1.47 bits per heavy atom. The second-order valence-electron chi connectivity index (χ2n) is 3.32. The number of ether oxygens (including phenoxy) is 2. The van der Waals surface area contributed by atoms with Crippen LogP contribution in [0.3, 0.4) is 0 Å². The van der Waals surface area contributed by atoms with Gasteiger partial charge in [-0.1, -0.05) is 0 Å². The number of halogens is 3. The minimum atomic E-state index is -5.11. The van der Waals surface area contributed by atoms with Gasteiger partial charge in [-0.25, -0.2) is 4.79 Å². The third kappa shape index (κ3) is 3.71. The molecule has 1 rings (SSSR count). The van der Waals surface area contributed by atoms with E-state index in [0.717, 1.165) is 6.20 Å². The van der Waals surface area contributed by atoms with Crippen molar-refractivity contribution in [2.24, 2.45) is 5.73 Å². The predicted octanol–water partition coefficient (Wildman–Crippen LogP) is 0.909. The summed E-state index contributed by atoms with van der Waals surface area (Å²) in [4.78, 5) is 25.0. The number of alkyl halides is 3. The summed E-state index contributed by atoms with van der Waals surface area (Å²) in [5.74, 6) is -2.28. The number of esters is 1. The van der Waals surface area contributed by atoms with E-state index in [0.29, 0.717) is 0 Å². The van der Waals surface area contributed by atoms with Crippen molar-refractivity contribution in [1.82, 2.24) is 4.98 Å². The Morgan fingerprint density at radius 2 is 2.11 bits per heavy atom. The first-order valence-electron chi connectivity index (χ1n) is 5.17. The van der Waals surface area contributed by atoms with Crippen molar-refractivity contribution in [3.05, 3.63) is 27.7 Å². The zero-order valence-corrected chi connectivity index (χ0v) is 9.84. The van der Waals surface area contributed by atoms with Gasteiger partial charge < -0.3 is 20.2 Å². The van der Waals surface area contributed by atoms with Gasteiger partial charge in [-0.2, -0.15) is 0 Å². The normalized spacial score (nSPS) is 11.2. The monoisotopic (exact) mass is 280 g/mol. The van der Waals surface area contributed by atoms with E-state index in [1.807, 2.05) is 4.98 Å². The lowest BCUT2D eigenvalue weighted by Crippen LogP contribution is -2.27. The number of hydrogen-bond donors (Lipinski definition) is 2. The van der Waals surface area contributed by atoms with E-state index in [9.17, 15) is 22.8 Å². The minimum absolute atomic E-state index is 0.0164. The summed E-state index contributed by atoms with van der Waals surface area (Å²) in [5, 5.41) is 0. The van der Waals surface area contributed by atoms with Gasteiger partial charge in [-0.15, -0.1) is 13.2 Å². The topological polar surface area (TPSA) is 94.4 Å². The van der Waals surface area contributed by atoms with Crippen molar-refractivity contribution in [3.8, 4) is 5.75 Å². The third-order valence-electron chi connectivity index (χ3n) is 2.05. The maximum absolute atomic E-state index is 12.2. The Hall–Kier alpha value is -2.03. The van der Waals surface area contributed by atoms with Gasteiger partial charge in [0.15, 0.2) is 0 Å². The number of carbonyl (C=O) groups excluding carboxylic acids is 1. The van der Waals surface area contributed by atoms with E-state index in [2.05, 4.69) is 9.47 Å². The molecule has 9 heteroatoms. The van der Waals surface area contributed by atoms with Gasteiger partial charge in [0.25, 0.3) is 5.56 Å². The lowest BCUT2D eigenvalue weighted by Gasteiger charge is -2.14. The van der Waals surface area contributed by atoms with Crippen LogP contribution >= 0.6 is 0 Å². The number of carbonyl (C=O) groups is 1. The molecule has 0 aliphatic carbocycles. The quantitative estimate of drug-likeness (QED) is 0.799. The summed E-state index contributed by atoms with van der Waals surface area (Å²) in [7, 11) is 0. The molecule has 3 N–H and O–H groups in total. The largest absolute Gasteiger partial charge is 0.573 e. The number of aromatic amines is 1. The van der Waals surface area contributed by atoms with Crippen molar-refractivity contribution in [2.75, 3.05) is 6.61 Å². The number of pyridine rings is 1. The molecule has 1 aromatic rings. The summed E-state index contributed by atoms with van der Waals surface area (Å²) < 4.78 is 44.8. The molecule has 0 atom stereocenters. The van der Waals surface area contributed by atoms with Gasteiger partial charge in [-0.3, -0.25) is 4.79 Å². The molecule has 6 nitrogen and oxygen atoms in total. The Morgan fingerprint density at radius 3 is 2.58 bits per heavy atom. The molecule has 0 aliphatic rings. The first-order valence-corrected chi connectivity index (χ1v) is 5.17. The van der Waals surface area contributed by atoms with Crippen LogP contribution in [-0.2, 0) is 11.3 Å². The van der Waals surface area contributed by atoms with Gasteiger partial charge in [0.05, 0.1) is 6.61 Å². The summed E-state index contributed by atoms with van der Waals surface area (Å²) >= 11 is 0. The molecule has 0 fully saturated rings. The van der Waals surface area contributed by atoms with Crippen molar-refractivity contribution in [3.63, 3.8) is 0 Å². The van der Waals surface area contributed by atoms with Crippen molar-refractivity contribution >= 4 is 5.97 Å².